The smallest absolute Gasteiger partial charge is 0.188 e. The van der Waals surface area contributed by atoms with Crippen molar-refractivity contribution in [2.45, 2.75) is 51.0 Å². The highest BCUT2D eigenvalue weighted by Gasteiger charge is 2.47. The number of halogens is 1. The molecule has 4 saturated carbocycles. The molecule has 1 heterocycles. The second-order valence-electron chi connectivity index (χ2n) is 7.84. The highest BCUT2D eigenvalue weighted by atomic mass is 127. The number of ether oxygens (including phenoxy) is 1. The standard InChI is InChI=1S/C17H29N3O.HI/c18-17(19-9-15-2-1-3-21-15)20-10-16-13-5-11-4-12(7-13)8-14(16)6-11;/h11-16H,1-10H2,(H3,18,19,20);1H. The molecule has 1 unspecified atom stereocenters. The first-order chi connectivity index (χ1) is 10.3. The number of guanidine groups is 1. The molecular formula is C17H30IN3O. The maximum absolute atomic E-state index is 6.04. The topological polar surface area (TPSA) is 59.6 Å². The van der Waals surface area contributed by atoms with Gasteiger partial charge >= 0.3 is 0 Å². The SMILES string of the molecule is I.NC(=NCC1C2CC3CC(C2)CC1C3)NCC1CCCO1. The van der Waals surface area contributed by atoms with Crippen molar-refractivity contribution in [3.05, 3.63) is 0 Å². The normalized spacial score (nSPS) is 43.2. The zero-order valence-electron chi connectivity index (χ0n) is 13.4. The number of aliphatic imine (C=N–C) groups is 1. The molecular weight excluding hydrogens is 389 g/mol. The minimum Gasteiger partial charge on any atom is -0.376 e. The molecule has 5 fully saturated rings. The third kappa shape index (κ3) is 3.55. The predicted octanol–water partition coefficient (Wildman–Crippen LogP) is 2.76. The van der Waals surface area contributed by atoms with Crippen molar-refractivity contribution in [2.24, 2.45) is 40.3 Å². The fourth-order valence-corrected chi connectivity index (χ4v) is 5.62. The monoisotopic (exact) mass is 419 g/mol. The van der Waals surface area contributed by atoms with Crippen LogP contribution in [0.1, 0.15) is 44.9 Å². The molecule has 1 aliphatic heterocycles. The lowest BCUT2D eigenvalue weighted by molar-refractivity contribution is -0.0320. The number of rotatable bonds is 4. The van der Waals surface area contributed by atoms with E-state index in [0.29, 0.717) is 12.1 Å². The van der Waals surface area contributed by atoms with E-state index in [1.807, 2.05) is 0 Å². The molecule has 22 heavy (non-hydrogen) atoms. The van der Waals surface area contributed by atoms with Gasteiger partial charge in [-0.2, -0.15) is 0 Å². The van der Waals surface area contributed by atoms with Crippen molar-refractivity contribution in [3.63, 3.8) is 0 Å². The van der Waals surface area contributed by atoms with Crippen LogP contribution >= 0.6 is 24.0 Å². The van der Waals surface area contributed by atoms with Crippen LogP contribution in [0.2, 0.25) is 0 Å². The van der Waals surface area contributed by atoms with Gasteiger partial charge in [-0.25, -0.2) is 0 Å². The summed E-state index contributed by atoms with van der Waals surface area (Å²) < 4.78 is 5.60. The van der Waals surface area contributed by atoms with Gasteiger partial charge in [0.1, 0.15) is 0 Å². The van der Waals surface area contributed by atoms with Gasteiger partial charge in [0.25, 0.3) is 0 Å². The highest BCUT2D eigenvalue weighted by molar-refractivity contribution is 14.0. The molecule has 4 bridgehead atoms. The third-order valence-electron chi connectivity index (χ3n) is 6.43. The zero-order chi connectivity index (χ0) is 14.2. The summed E-state index contributed by atoms with van der Waals surface area (Å²) in [4.78, 5) is 4.66. The molecule has 1 saturated heterocycles. The van der Waals surface area contributed by atoms with Gasteiger partial charge in [0.05, 0.1) is 6.10 Å². The third-order valence-corrected chi connectivity index (χ3v) is 6.43. The van der Waals surface area contributed by atoms with Gasteiger partial charge in [-0.1, -0.05) is 0 Å². The van der Waals surface area contributed by atoms with Crippen LogP contribution in [0, 0.1) is 29.6 Å². The van der Waals surface area contributed by atoms with E-state index in [1.165, 1.54) is 38.5 Å². The van der Waals surface area contributed by atoms with Crippen LogP contribution in [0.25, 0.3) is 0 Å². The Morgan fingerprint density at radius 3 is 2.36 bits per heavy atom. The summed E-state index contributed by atoms with van der Waals surface area (Å²) in [7, 11) is 0. The molecule has 4 aliphatic carbocycles. The second-order valence-corrected chi connectivity index (χ2v) is 7.84. The summed E-state index contributed by atoms with van der Waals surface area (Å²) in [6, 6.07) is 0. The molecule has 0 spiro atoms. The van der Waals surface area contributed by atoms with Crippen LogP contribution in [-0.2, 0) is 4.74 Å². The minimum absolute atomic E-state index is 0. The van der Waals surface area contributed by atoms with Crippen molar-refractivity contribution in [1.82, 2.24) is 5.32 Å². The van der Waals surface area contributed by atoms with E-state index in [4.69, 9.17) is 10.5 Å². The number of nitrogens with one attached hydrogen (secondary N) is 1. The van der Waals surface area contributed by atoms with Crippen molar-refractivity contribution in [1.29, 1.82) is 0 Å². The van der Waals surface area contributed by atoms with E-state index in [9.17, 15) is 0 Å². The fourth-order valence-electron chi connectivity index (χ4n) is 5.62. The van der Waals surface area contributed by atoms with Gasteiger partial charge in [0.2, 0.25) is 0 Å². The van der Waals surface area contributed by atoms with E-state index < -0.39 is 0 Å². The van der Waals surface area contributed by atoms with Gasteiger partial charge in [0.15, 0.2) is 5.96 Å². The molecule has 0 aromatic carbocycles. The summed E-state index contributed by atoms with van der Waals surface area (Å²) in [6.45, 7) is 2.66. The minimum atomic E-state index is 0. The van der Waals surface area contributed by atoms with E-state index >= 15 is 0 Å². The first kappa shape index (κ1) is 16.8. The Kier molecular flexibility index (Phi) is 5.53. The lowest BCUT2D eigenvalue weighted by Gasteiger charge is -2.54. The Labute approximate surface area is 151 Å². The van der Waals surface area contributed by atoms with Crippen LogP contribution < -0.4 is 11.1 Å². The summed E-state index contributed by atoms with van der Waals surface area (Å²) in [5, 5.41) is 3.25. The molecule has 5 rings (SSSR count). The molecule has 4 nitrogen and oxygen atoms in total. The van der Waals surface area contributed by atoms with Crippen LogP contribution in [0.5, 0.6) is 0 Å². The van der Waals surface area contributed by atoms with E-state index in [0.717, 1.165) is 55.7 Å². The summed E-state index contributed by atoms with van der Waals surface area (Å²) in [5.74, 6) is 5.40. The van der Waals surface area contributed by atoms with Gasteiger partial charge in [-0.15, -0.1) is 24.0 Å². The van der Waals surface area contributed by atoms with Crippen LogP contribution in [-0.4, -0.2) is 31.8 Å². The Bertz CT molecular complexity index is 381. The average Bonchev–Trinajstić information content (AvgIpc) is 2.97. The average molecular weight is 419 g/mol. The zero-order valence-corrected chi connectivity index (χ0v) is 15.7. The predicted molar refractivity (Wildman–Crippen MR) is 99.4 cm³/mol. The maximum Gasteiger partial charge on any atom is 0.188 e. The number of hydrogen-bond donors (Lipinski definition) is 2. The van der Waals surface area contributed by atoms with E-state index in [2.05, 4.69) is 10.3 Å². The maximum atomic E-state index is 6.04. The van der Waals surface area contributed by atoms with Crippen molar-refractivity contribution >= 4 is 29.9 Å². The Balaban J connectivity index is 0.00000144. The first-order valence-electron chi connectivity index (χ1n) is 8.93. The first-order valence-corrected chi connectivity index (χ1v) is 8.93. The van der Waals surface area contributed by atoms with Crippen LogP contribution in [0.4, 0.5) is 0 Å². The van der Waals surface area contributed by atoms with Crippen LogP contribution in [0.15, 0.2) is 4.99 Å². The largest absolute Gasteiger partial charge is 0.376 e. The van der Waals surface area contributed by atoms with Gasteiger partial charge in [-0.3, -0.25) is 4.99 Å². The van der Waals surface area contributed by atoms with Gasteiger partial charge in [0, 0.05) is 19.7 Å². The molecule has 1 atom stereocenters. The number of nitrogens with zero attached hydrogens (tertiary/aromatic N) is 1. The fraction of sp³-hybridized carbons (Fsp3) is 0.941. The summed E-state index contributed by atoms with van der Waals surface area (Å²) in [6.07, 6.45) is 10.1. The highest BCUT2D eigenvalue weighted by Crippen LogP contribution is 2.56. The quantitative estimate of drug-likeness (QED) is 0.419. The Hall–Kier alpha value is -0.0400. The molecule has 0 aromatic heterocycles. The molecule has 5 heteroatoms. The molecule has 126 valence electrons. The Morgan fingerprint density at radius 2 is 1.77 bits per heavy atom. The van der Waals surface area contributed by atoms with Crippen molar-refractivity contribution in [2.75, 3.05) is 19.7 Å². The molecule has 0 aromatic rings. The Morgan fingerprint density at radius 1 is 1.09 bits per heavy atom. The van der Waals surface area contributed by atoms with Crippen LogP contribution in [0.3, 0.4) is 0 Å². The van der Waals surface area contributed by atoms with Gasteiger partial charge in [-0.05, 0) is 74.5 Å². The van der Waals surface area contributed by atoms with Crippen molar-refractivity contribution in [3.8, 4) is 0 Å². The van der Waals surface area contributed by atoms with Crippen molar-refractivity contribution < 1.29 is 4.74 Å². The number of hydrogen-bond acceptors (Lipinski definition) is 2. The summed E-state index contributed by atoms with van der Waals surface area (Å²) in [5.41, 5.74) is 6.04. The lowest BCUT2D eigenvalue weighted by Crippen LogP contribution is -2.46. The summed E-state index contributed by atoms with van der Waals surface area (Å²) >= 11 is 0. The van der Waals surface area contributed by atoms with Gasteiger partial charge < -0.3 is 15.8 Å². The molecule has 3 N–H and O–H groups in total. The molecule has 0 amide bonds. The lowest BCUT2D eigenvalue weighted by atomic mass is 9.52. The molecule has 5 aliphatic rings. The number of nitrogens with two attached hydrogens (primary N) is 1. The van der Waals surface area contributed by atoms with E-state index in [-0.39, 0.29) is 24.0 Å². The second kappa shape index (κ2) is 7.24. The molecule has 0 radical (unpaired) electrons. The van der Waals surface area contributed by atoms with E-state index in [1.54, 1.807) is 0 Å².